The average molecular weight is 763 g/mol. The third-order valence-electron chi connectivity index (χ3n) is 8.35. The summed E-state index contributed by atoms with van der Waals surface area (Å²) in [6.07, 6.45) is 9.84. The van der Waals surface area contributed by atoms with Gasteiger partial charge in [-0.05, 0) is 135 Å². The molecule has 4 aromatic rings. The van der Waals surface area contributed by atoms with Gasteiger partial charge in [-0.15, -0.1) is 0 Å². The molecule has 0 N–H and O–H groups in total. The summed E-state index contributed by atoms with van der Waals surface area (Å²) in [5, 5.41) is 0. The van der Waals surface area contributed by atoms with Gasteiger partial charge in [-0.1, -0.05) is 31.4 Å². The van der Waals surface area contributed by atoms with E-state index in [0.717, 1.165) is 69.1 Å². The highest BCUT2D eigenvalue weighted by Gasteiger charge is 2.14. The largest absolute Gasteiger partial charge is 0.494 e. The molecule has 0 atom stereocenters. The smallest absolute Gasteiger partial charge is 0.343 e. The zero-order valence-electron chi connectivity index (χ0n) is 31.3. The summed E-state index contributed by atoms with van der Waals surface area (Å²) in [6.45, 7) is 8.51. The lowest BCUT2D eigenvalue weighted by Gasteiger charge is -2.11. The van der Waals surface area contributed by atoms with Crippen molar-refractivity contribution in [2.45, 2.75) is 51.4 Å². The zero-order valence-corrected chi connectivity index (χ0v) is 31.3. The maximum Gasteiger partial charge on any atom is 0.343 e. The highest BCUT2D eigenvalue weighted by molar-refractivity contribution is 5.93. The molecule has 4 aromatic carbocycles. The summed E-state index contributed by atoms with van der Waals surface area (Å²) >= 11 is 0. The fourth-order valence-corrected chi connectivity index (χ4v) is 5.29. The van der Waals surface area contributed by atoms with Crippen LogP contribution in [0.2, 0.25) is 0 Å². The lowest BCUT2D eigenvalue weighted by Crippen LogP contribution is -2.10. The first kappa shape index (κ1) is 42.3. The van der Waals surface area contributed by atoms with Crippen LogP contribution >= 0.6 is 0 Å². The van der Waals surface area contributed by atoms with Crippen molar-refractivity contribution in [3.8, 4) is 34.1 Å². The van der Waals surface area contributed by atoms with Gasteiger partial charge in [-0.25, -0.2) is 19.2 Å². The van der Waals surface area contributed by atoms with E-state index in [1.807, 2.05) is 0 Å². The van der Waals surface area contributed by atoms with Crippen LogP contribution in [0.5, 0.6) is 23.0 Å². The Morgan fingerprint density at radius 3 is 1.38 bits per heavy atom. The summed E-state index contributed by atoms with van der Waals surface area (Å²) < 4.78 is 32.5. The molecule has 0 fully saturated rings. The molecule has 0 aliphatic rings. The number of carbonyl (C=O) groups is 5. The van der Waals surface area contributed by atoms with Crippen molar-refractivity contribution in [2.75, 3.05) is 26.4 Å². The monoisotopic (exact) mass is 762 g/mol. The Labute approximate surface area is 326 Å². The summed E-state index contributed by atoms with van der Waals surface area (Å²) in [5.74, 6) is -0.246. The standard InChI is InChI=1S/C45H46O11/c1-3-42(47)53-29-11-7-5-9-27-51-38-20-15-34(16-21-38)44(49)55-40-24-13-33(14-25-40)36-19-26-41(37(31-36)32-46)56-45(50)35-17-22-39(23-18-35)52-28-10-6-8-12-30-54-43(48)4-2/h3-4,13-26,31-32H,1-2,5-12,27-30H2. The van der Waals surface area contributed by atoms with Gasteiger partial charge in [-0.3, -0.25) is 4.79 Å². The van der Waals surface area contributed by atoms with E-state index in [4.69, 9.17) is 28.4 Å². The molecule has 56 heavy (non-hydrogen) atoms. The Morgan fingerprint density at radius 2 is 0.911 bits per heavy atom. The minimum Gasteiger partial charge on any atom is -0.494 e. The van der Waals surface area contributed by atoms with Crippen LogP contribution in [0.3, 0.4) is 0 Å². The molecule has 0 spiro atoms. The van der Waals surface area contributed by atoms with Crippen LogP contribution in [-0.2, 0) is 19.1 Å². The second-order valence-electron chi connectivity index (χ2n) is 12.5. The topological polar surface area (TPSA) is 141 Å². The Morgan fingerprint density at radius 1 is 0.482 bits per heavy atom. The van der Waals surface area contributed by atoms with Crippen molar-refractivity contribution in [3.63, 3.8) is 0 Å². The number of rotatable bonds is 24. The molecule has 0 amide bonds. The first-order valence-corrected chi connectivity index (χ1v) is 18.5. The second-order valence-corrected chi connectivity index (χ2v) is 12.5. The number of carbonyl (C=O) groups excluding carboxylic acids is 5. The molecule has 11 nitrogen and oxygen atoms in total. The van der Waals surface area contributed by atoms with Gasteiger partial charge < -0.3 is 28.4 Å². The number of ether oxygens (including phenoxy) is 6. The van der Waals surface area contributed by atoms with Crippen molar-refractivity contribution in [3.05, 3.63) is 133 Å². The van der Waals surface area contributed by atoms with Gasteiger partial charge >= 0.3 is 23.9 Å². The normalized spacial score (nSPS) is 10.4. The number of aldehydes is 1. The van der Waals surface area contributed by atoms with Crippen LogP contribution in [0.15, 0.2) is 116 Å². The van der Waals surface area contributed by atoms with Gasteiger partial charge in [0.15, 0.2) is 6.29 Å². The van der Waals surface area contributed by atoms with E-state index in [0.29, 0.717) is 66.7 Å². The van der Waals surface area contributed by atoms with Gasteiger partial charge in [0.25, 0.3) is 0 Å². The minimum absolute atomic E-state index is 0.121. The molecule has 0 saturated carbocycles. The van der Waals surface area contributed by atoms with E-state index < -0.39 is 23.9 Å². The van der Waals surface area contributed by atoms with Crippen LogP contribution in [-0.4, -0.2) is 56.6 Å². The predicted octanol–water partition coefficient (Wildman–Crippen LogP) is 8.94. The van der Waals surface area contributed by atoms with Crippen molar-refractivity contribution in [1.82, 2.24) is 0 Å². The van der Waals surface area contributed by atoms with E-state index in [-0.39, 0.29) is 11.3 Å². The molecule has 11 heteroatoms. The lowest BCUT2D eigenvalue weighted by atomic mass is 10.0. The number of unbranched alkanes of at least 4 members (excludes halogenated alkanes) is 6. The molecule has 0 aromatic heterocycles. The third-order valence-corrected chi connectivity index (χ3v) is 8.35. The fourth-order valence-electron chi connectivity index (χ4n) is 5.29. The van der Waals surface area contributed by atoms with Crippen LogP contribution in [0, 0.1) is 0 Å². The summed E-state index contributed by atoms with van der Waals surface area (Å²) in [6, 6.07) is 25.0. The Bertz CT molecular complexity index is 1910. The lowest BCUT2D eigenvalue weighted by molar-refractivity contribution is -0.138. The van der Waals surface area contributed by atoms with Crippen molar-refractivity contribution in [2.24, 2.45) is 0 Å². The predicted molar refractivity (Wildman–Crippen MR) is 210 cm³/mol. The van der Waals surface area contributed by atoms with Crippen LogP contribution < -0.4 is 18.9 Å². The van der Waals surface area contributed by atoms with Gasteiger partial charge in [0, 0.05) is 12.2 Å². The van der Waals surface area contributed by atoms with E-state index in [1.54, 1.807) is 91.0 Å². The molecular weight excluding hydrogens is 716 g/mol. The molecule has 0 aliphatic carbocycles. The SMILES string of the molecule is C=CC(=O)OCCCCCCOc1ccc(C(=O)Oc2ccc(-c3ccc(OC(=O)c4ccc(OCCCCCCOC(=O)C=C)cc4)c(C=O)c3)cc2)cc1. The highest BCUT2D eigenvalue weighted by Crippen LogP contribution is 2.28. The molecule has 0 unspecified atom stereocenters. The quantitative estimate of drug-likeness (QED) is 0.0222. The number of hydrogen-bond donors (Lipinski definition) is 0. The van der Waals surface area contributed by atoms with Gasteiger partial charge in [0.2, 0.25) is 0 Å². The van der Waals surface area contributed by atoms with Crippen LogP contribution in [0.4, 0.5) is 0 Å². The van der Waals surface area contributed by atoms with Crippen molar-refractivity contribution in [1.29, 1.82) is 0 Å². The summed E-state index contributed by atoms with van der Waals surface area (Å²) in [5.41, 5.74) is 2.32. The first-order chi connectivity index (χ1) is 27.3. The molecular formula is C45H46O11. The third kappa shape index (κ3) is 14.4. The fraction of sp³-hybridized carbons (Fsp3) is 0.267. The molecule has 0 saturated heterocycles. The Kier molecular flexibility index (Phi) is 17.6. The van der Waals surface area contributed by atoms with E-state index in [2.05, 4.69) is 13.2 Å². The van der Waals surface area contributed by atoms with Gasteiger partial charge in [-0.2, -0.15) is 0 Å². The Hall–Kier alpha value is -6.49. The summed E-state index contributed by atoms with van der Waals surface area (Å²) in [4.78, 5) is 59.7. The van der Waals surface area contributed by atoms with Crippen molar-refractivity contribution >= 4 is 30.2 Å². The number of esters is 4. The molecule has 0 bridgehead atoms. The maximum atomic E-state index is 12.9. The van der Waals surface area contributed by atoms with Gasteiger partial charge in [0.1, 0.15) is 23.0 Å². The number of benzene rings is 4. The minimum atomic E-state index is -0.619. The average Bonchev–Trinajstić information content (AvgIpc) is 3.23. The molecule has 0 radical (unpaired) electrons. The molecule has 292 valence electrons. The second kappa shape index (κ2) is 23.3. The van der Waals surface area contributed by atoms with Gasteiger partial charge in [0.05, 0.1) is 43.1 Å². The number of hydrogen-bond acceptors (Lipinski definition) is 11. The van der Waals surface area contributed by atoms with E-state index >= 15 is 0 Å². The van der Waals surface area contributed by atoms with E-state index in [9.17, 15) is 24.0 Å². The first-order valence-electron chi connectivity index (χ1n) is 18.5. The zero-order chi connectivity index (χ0) is 40.0. The van der Waals surface area contributed by atoms with E-state index in [1.165, 1.54) is 0 Å². The van der Waals surface area contributed by atoms with Crippen LogP contribution in [0.25, 0.3) is 11.1 Å². The molecule has 4 rings (SSSR count). The van der Waals surface area contributed by atoms with Crippen LogP contribution in [0.1, 0.15) is 82.4 Å². The highest BCUT2D eigenvalue weighted by atomic mass is 16.5. The molecule has 0 heterocycles. The van der Waals surface area contributed by atoms with Crippen molar-refractivity contribution < 1.29 is 52.4 Å². The maximum absolute atomic E-state index is 12.9. The molecule has 0 aliphatic heterocycles. The summed E-state index contributed by atoms with van der Waals surface area (Å²) in [7, 11) is 0. The Balaban J connectivity index is 1.19.